The Balaban J connectivity index is 1.57. The number of rotatable bonds is 3. The number of nitrogens with one attached hydrogen (secondary N) is 1. The Bertz CT molecular complexity index is 1290. The zero-order chi connectivity index (χ0) is 22.2. The lowest BCUT2D eigenvalue weighted by molar-refractivity contribution is 0.135. The van der Waals surface area contributed by atoms with Crippen LogP contribution in [0, 0.1) is 0 Å². The van der Waals surface area contributed by atoms with Crippen molar-refractivity contribution in [3.8, 4) is 11.8 Å². The normalized spacial score (nSPS) is 15.5. The average Bonchev–Trinajstić information content (AvgIpc) is 3.18. The Morgan fingerprint density at radius 3 is 2.53 bits per heavy atom. The van der Waals surface area contributed by atoms with E-state index < -0.39 is 12.1 Å². The fraction of sp³-hybridized carbons (Fsp3) is 0.174. The van der Waals surface area contributed by atoms with Crippen LogP contribution in [-0.2, 0) is 6.42 Å². The minimum Gasteiger partial charge on any atom is -0.467 e. The highest BCUT2D eigenvalue weighted by molar-refractivity contribution is 6.31. The van der Waals surface area contributed by atoms with Gasteiger partial charge in [0.1, 0.15) is 11.8 Å². The number of hydrogen-bond acceptors (Lipinski definition) is 5. The van der Waals surface area contributed by atoms with E-state index in [0.29, 0.717) is 28.8 Å². The number of aromatic amines is 1. The summed E-state index contributed by atoms with van der Waals surface area (Å²) >= 11 is 12.2. The molecule has 32 heavy (non-hydrogen) atoms. The smallest absolute Gasteiger partial charge is 0.416 e. The highest BCUT2D eigenvalue weighted by atomic mass is 35.5. The molecule has 0 radical (unpaired) electrons. The number of H-pyrrole nitrogens is 1. The van der Waals surface area contributed by atoms with Gasteiger partial charge in [-0.3, -0.25) is 4.90 Å². The van der Waals surface area contributed by atoms with Gasteiger partial charge in [0.2, 0.25) is 0 Å². The molecule has 5 rings (SSSR count). The predicted molar refractivity (Wildman–Crippen MR) is 122 cm³/mol. The van der Waals surface area contributed by atoms with Gasteiger partial charge >= 0.3 is 12.1 Å². The molecular formula is C23H18Cl2N4O3. The zero-order valence-corrected chi connectivity index (χ0v) is 18.5. The maximum Gasteiger partial charge on any atom is 0.416 e. The molecule has 9 heteroatoms. The summed E-state index contributed by atoms with van der Waals surface area (Å²) in [7, 11) is 1.50. The molecule has 2 aromatic heterocycles. The molecule has 0 saturated heterocycles. The van der Waals surface area contributed by atoms with E-state index in [-0.39, 0.29) is 6.01 Å². The van der Waals surface area contributed by atoms with E-state index in [4.69, 9.17) is 32.7 Å². The summed E-state index contributed by atoms with van der Waals surface area (Å²) in [5.74, 6) is 0.415. The van der Waals surface area contributed by atoms with Gasteiger partial charge in [0.15, 0.2) is 0 Å². The molecule has 0 fully saturated rings. The molecular weight excluding hydrogens is 451 g/mol. The maximum atomic E-state index is 13.2. The van der Waals surface area contributed by atoms with Gasteiger partial charge in [0, 0.05) is 51.1 Å². The van der Waals surface area contributed by atoms with Crippen LogP contribution in [0.5, 0.6) is 11.8 Å². The summed E-state index contributed by atoms with van der Waals surface area (Å²) in [6, 6.07) is 12.2. The molecule has 1 amide bonds. The van der Waals surface area contributed by atoms with Gasteiger partial charge in [0.05, 0.1) is 7.11 Å². The van der Waals surface area contributed by atoms with Crippen molar-refractivity contribution in [1.29, 1.82) is 0 Å². The quantitative estimate of drug-likeness (QED) is 0.434. The van der Waals surface area contributed by atoms with Gasteiger partial charge in [0.25, 0.3) is 0 Å². The number of nitrogens with zero attached hydrogens (tertiary/aromatic N) is 3. The van der Waals surface area contributed by atoms with E-state index in [9.17, 15) is 4.79 Å². The van der Waals surface area contributed by atoms with Gasteiger partial charge in [-0.05, 0) is 54.4 Å². The molecule has 1 aliphatic rings. The molecule has 7 nitrogen and oxygen atoms in total. The van der Waals surface area contributed by atoms with E-state index in [1.807, 2.05) is 18.2 Å². The first-order valence-electron chi connectivity index (χ1n) is 9.93. The Morgan fingerprint density at radius 1 is 1.09 bits per heavy atom. The van der Waals surface area contributed by atoms with Crippen LogP contribution >= 0.6 is 23.2 Å². The summed E-state index contributed by atoms with van der Waals surface area (Å²) in [6.45, 7) is 0.454. The lowest BCUT2D eigenvalue weighted by Crippen LogP contribution is -2.42. The second kappa shape index (κ2) is 8.33. The van der Waals surface area contributed by atoms with Gasteiger partial charge in [-0.15, -0.1) is 0 Å². The number of hydrogen-bond donors (Lipinski definition) is 1. The topological polar surface area (TPSA) is 80.3 Å². The van der Waals surface area contributed by atoms with Crippen LogP contribution in [0.1, 0.15) is 22.9 Å². The summed E-state index contributed by atoms with van der Waals surface area (Å²) in [6.07, 6.45) is 3.49. The Labute approximate surface area is 193 Å². The molecule has 0 aliphatic carbocycles. The predicted octanol–water partition coefficient (Wildman–Crippen LogP) is 5.42. The van der Waals surface area contributed by atoms with Crippen LogP contribution in [-0.4, -0.2) is 39.6 Å². The number of fused-ring (bicyclic) bond motifs is 3. The van der Waals surface area contributed by atoms with E-state index in [1.165, 1.54) is 7.11 Å². The molecule has 1 aliphatic heterocycles. The first-order valence-corrected chi connectivity index (χ1v) is 10.7. The standard InChI is InChI=1S/C23H18Cl2N4O3/c1-31-22-26-11-13(12-27-22)21-20-17(18-10-15(25)4-7-19(18)28-20)8-9-29(21)23(30)32-16-5-2-14(24)3-6-16/h2-7,10-12,21,28H,8-9H2,1H3. The van der Waals surface area contributed by atoms with Crippen molar-refractivity contribution in [3.05, 3.63) is 81.7 Å². The Morgan fingerprint density at radius 2 is 1.81 bits per heavy atom. The fourth-order valence-corrected chi connectivity index (χ4v) is 4.34. The minimum atomic E-state index is -0.476. The maximum absolute atomic E-state index is 13.2. The third-order valence-electron chi connectivity index (χ3n) is 5.49. The van der Waals surface area contributed by atoms with Crippen LogP contribution in [0.4, 0.5) is 4.79 Å². The molecule has 1 N–H and O–H groups in total. The summed E-state index contributed by atoms with van der Waals surface area (Å²) in [5, 5.41) is 2.27. The van der Waals surface area contributed by atoms with Crippen molar-refractivity contribution >= 4 is 40.2 Å². The Hall–Kier alpha value is -3.29. The molecule has 1 atom stereocenters. The number of halogens is 2. The van der Waals surface area contributed by atoms with Gasteiger partial charge in [-0.25, -0.2) is 14.8 Å². The van der Waals surface area contributed by atoms with E-state index in [0.717, 1.165) is 27.7 Å². The lowest BCUT2D eigenvalue weighted by Gasteiger charge is -2.35. The van der Waals surface area contributed by atoms with E-state index in [2.05, 4.69) is 15.0 Å². The van der Waals surface area contributed by atoms with Crippen LogP contribution in [0.2, 0.25) is 10.0 Å². The number of amides is 1. The van der Waals surface area contributed by atoms with Crippen LogP contribution in [0.3, 0.4) is 0 Å². The van der Waals surface area contributed by atoms with Crippen molar-refractivity contribution < 1.29 is 14.3 Å². The first kappa shape index (κ1) is 20.6. The van der Waals surface area contributed by atoms with Gasteiger partial charge in [-0.2, -0.15) is 0 Å². The van der Waals surface area contributed by atoms with Crippen LogP contribution in [0.15, 0.2) is 54.9 Å². The molecule has 0 bridgehead atoms. The van der Waals surface area contributed by atoms with Crippen molar-refractivity contribution in [2.45, 2.75) is 12.5 Å². The number of carbonyl (C=O) groups is 1. The average molecular weight is 469 g/mol. The highest BCUT2D eigenvalue weighted by Crippen LogP contribution is 2.39. The summed E-state index contributed by atoms with van der Waals surface area (Å²) in [5.41, 5.74) is 3.68. The fourth-order valence-electron chi connectivity index (χ4n) is 4.04. The number of ether oxygens (including phenoxy) is 2. The molecule has 2 aromatic carbocycles. The largest absolute Gasteiger partial charge is 0.467 e. The van der Waals surface area contributed by atoms with E-state index in [1.54, 1.807) is 41.6 Å². The van der Waals surface area contributed by atoms with E-state index >= 15 is 0 Å². The van der Waals surface area contributed by atoms with Crippen LogP contribution in [0.25, 0.3) is 10.9 Å². The van der Waals surface area contributed by atoms with Gasteiger partial charge in [-0.1, -0.05) is 23.2 Å². The lowest BCUT2D eigenvalue weighted by atomic mass is 9.94. The molecule has 0 spiro atoms. The van der Waals surface area contributed by atoms with Crippen molar-refractivity contribution in [3.63, 3.8) is 0 Å². The number of carbonyl (C=O) groups excluding carboxylic acids is 1. The third kappa shape index (κ3) is 3.74. The zero-order valence-electron chi connectivity index (χ0n) is 17.0. The summed E-state index contributed by atoms with van der Waals surface area (Å²) in [4.78, 5) is 26.8. The molecule has 0 saturated carbocycles. The van der Waals surface area contributed by atoms with Crippen molar-refractivity contribution in [2.75, 3.05) is 13.7 Å². The minimum absolute atomic E-state index is 0.253. The molecule has 162 valence electrons. The second-order valence-corrected chi connectivity index (χ2v) is 8.25. The monoisotopic (exact) mass is 468 g/mol. The first-order chi connectivity index (χ1) is 15.5. The number of benzene rings is 2. The second-order valence-electron chi connectivity index (χ2n) is 7.38. The number of aromatic nitrogens is 3. The van der Waals surface area contributed by atoms with Crippen molar-refractivity contribution in [2.24, 2.45) is 0 Å². The van der Waals surface area contributed by atoms with Gasteiger partial charge < -0.3 is 14.5 Å². The molecule has 1 unspecified atom stereocenters. The van der Waals surface area contributed by atoms with Crippen molar-refractivity contribution in [1.82, 2.24) is 19.9 Å². The summed E-state index contributed by atoms with van der Waals surface area (Å²) < 4.78 is 10.7. The van der Waals surface area contributed by atoms with Crippen LogP contribution < -0.4 is 9.47 Å². The molecule has 3 heterocycles. The highest BCUT2D eigenvalue weighted by Gasteiger charge is 2.36. The molecule has 4 aromatic rings. The third-order valence-corrected chi connectivity index (χ3v) is 5.98. The number of methoxy groups -OCH3 is 1. The Kier molecular flexibility index (Phi) is 5.36. The SMILES string of the molecule is COc1ncc(C2c3[nH]c4ccc(Cl)cc4c3CCN2C(=O)Oc2ccc(Cl)cc2)cn1.